The molecule has 0 N–H and O–H groups in total. The number of nitrogens with zero attached hydrogens (tertiary/aromatic N) is 5. The van der Waals surface area contributed by atoms with Crippen LogP contribution in [0.2, 0.25) is 0 Å². The first-order chi connectivity index (χ1) is 14.6. The van der Waals surface area contributed by atoms with Crippen LogP contribution < -0.4 is 9.80 Å². The Morgan fingerprint density at radius 1 is 1.00 bits per heavy atom. The van der Waals surface area contributed by atoms with Crippen molar-refractivity contribution in [2.24, 2.45) is 0 Å². The molecule has 0 saturated carbocycles. The summed E-state index contributed by atoms with van der Waals surface area (Å²) in [6.45, 7) is 5.18. The number of hydrogen-bond donors (Lipinski definition) is 0. The van der Waals surface area contributed by atoms with Crippen LogP contribution in [0.15, 0.2) is 36.5 Å². The highest BCUT2D eigenvalue weighted by molar-refractivity contribution is 5.92. The molecule has 1 amide bonds. The lowest BCUT2D eigenvalue weighted by Gasteiger charge is -2.35. The Morgan fingerprint density at radius 3 is 2.53 bits per heavy atom. The van der Waals surface area contributed by atoms with E-state index in [1.165, 1.54) is 12.2 Å². The fourth-order valence-corrected chi connectivity index (χ4v) is 3.50. The van der Waals surface area contributed by atoms with Crippen LogP contribution in [-0.4, -0.2) is 73.3 Å². The van der Waals surface area contributed by atoms with Crippen molar-refractivity contribution in [3.8, 4) is 0 Å². The number of ether oxygens (including phenoxy) is 1. The average Bonchev–Trinajstić information content (AvgIpc) is 2.80. The second-order valence-electron chi connectivity index (χ2n) is 7.13. The molecule has 0 radical (unpaired) electrons. The summed E-state index contributed by atoms with van der Waals surface area (Å²) < 4.78 is 32.3. The largest absolute Gasteiger partial charge is 0.378 e. The van der Waals surface area contributed by atoms with E-state index < -0.39 is 11.6 Å². The Bertz CT molecular complexity index is 925. The fraction of sp³-hybridized carbons (Fsp3) is 0.381. The van der Waals surface area contributed by atoms with Crippen molar-refractivity contribution in [1.29, 1.82) is 0 Å². The summed E-state index contributed by atoms with van der Waals surface area (Å²) in [7, 11) is 0. The van der Waals surface area contributed by atoms with Gasteiger partial charge in [-0.05, 0) is 30.3 Å². The fourth-order valence-electron chi connectivity index (χ4n) is 3.50. The molecule has 158 valence electrons. The van der Waals surface area contributed by atoms with E-state index in [1.807, 2.05) is 6.07 Å². The third-order valence-corrected chi connectivity index (χ3v) is 5.20. The maximum atomic E-state index is 13.7. The van der Waals surface area contributed by atoms with Gasteiger partial charge in [-0.1, -0.05) is 0 Å². The lowest BCUT2D eigenvalue weighted by molar-refractivity contribution is -0.126. The van der Waals surface area contributed by atoms with Gasteiger partial charge in [0, 0.05) is 57.1 Å². The number of halogens is 2. The molecule has 3 heterocycles. The highest BCUT2D eigenvalue weighted by atomic mass is 19.1. The Labute approximate surface area is 173 Å². The second kappa shape index (κ2) is 9.17. The van der Waals surface area contributed by atoms with E-state index in [-0.39, 0.29) is 11.5 Å². The van der Waals surface area contributed by atoms with Gasteiger partial charge in [0.05, 0.1) is 13.2 Å². The molecule has 0 spiro atoms. The normalized spacial score (nSPS) is 17.6. The Morgan fingerprint density at radius 2 is 1.77 bits per heavy atom. The number of anilines is 2. The van der Waals surface area contributed by atoms with Crippen LogP contribution in [0.1, 0.15) is 5.56 Å². The van der Waals surface area contributed by atoms with Gasteiger partial charge < -0.3 is 19.4 Å². The summed E-state index contributed by atoms with van der Waals surface area (Å²) in [5.74, 6) is 0.184. The molecule has 0 unspecified atom stereocenters. The lowest BCUT2D eigenvalue weighted by Crippen LogP contribution is -2.48. The lowest BCUT2D eigenvalue weighted by atomic mass is 10.2. The summed E-state index contributed by atoms with van der Waals surface area (Å²) in [6, 6.07) is 5.03. The SMILES string of the molecule is O=C(/C=C/c1cc(F)ccc1F)N1CCN(c2ccnc(N3CCOCC3)n2)CC1. The van der Waals surface area contributed by atoms with E-state index in [1.54, 1.807) is 11.1 Å². The minimum absolute atomic E-state index is 0.0543. The van der Waals surface area contributed by atoms with Gasteiger partial charge in [0.25, 0.3) is 0 Å². The zero-order valence-corrected chi connectivity index (χ0v) is 16.5. The number of piperazine rings is 1. The number of benzene rings is 1. The van der Waals surface area contributed by atoms with Crippen molar-refractivity contribution < 1.29 is 18.3 Å². The van der Waals surface area contributed by atoms with Crippen molar-refractivity contribution in [1.82, 2.24) is 14.9 Å². The molecule has 9 heteroatoms. The van der Waals surface area contributed by atoms with Crippen LogP contribution in [0, 0.1) is 11.6 Å². The summed E-state index contributed by atoms with van der Waals surface area (Å²) >= 11 is 0. The van der Waals surface area contributed by atoms with Crippen LogP contribution in [0.4, 0.5) is 20.5 Å². The zero-order chi connectivity index (χ0) is 20.9. The third-order valence-electron chi connectivity index (χ3n) is 5.20. The molecule has 2 aliphatic rings. The minimum atomic E-state index is -0.565. The molecule has 0 atom stereocenters. The summed E-state index contributed by atoms with van der Waals surface area (Å²) in [5, 5.41) is 0. The van der Waals surface area contributed by atoms with Gasteiger partial charge in [-0.25, -0.2) is 13.8 Å². The van der Waals surface area contributed by atoms with E-state index in [4.69, 9.17) is 4.74 Å². The topological polar surface area (TPSA) is 61.8 Å². The second-order valence-corrected chi connectivity index (χ2v) is 7.13. The van der Waals surface area contributed by atoms with E-state index in [9.17, 15) is 13.6 Å². The highest BCUT2D eigenvalue weighted by Gasteiger charge is 2.22. The Hall–Kier alpha value is -3.07. The van der Waals surface area contributed by atoms with Crippen LogP contribution in [-0.2, 0) is 9.53 Å². The average molecular weight is 415 g/mol. The van der Waals surface area contributed by atoms with Crippen molar-refractivity contribution in [2.75, 3.05) is 62.3 Å². The van der Waals surface area contributed by atoms with E-state index in [0.717, 1.165) is 37.1 Å². The molecule has 30 heavy (non-hydrogen) atoms. The molecule has 2 fully saturated rings. The summed E-state index contributed by atoms with van der Waals surface area (Å²) in [5.41, 5.74) is 0.0543. The van der Waals surface area contributed by atoms with Gasteiger partial charge in [-0.15, -0.1) is 0 Å². The number of carbonyl (C=O) groups excluding carboxylic acids is 1. The van der Waals surface area contributed by atoms with Gasteiger partial charge in [-0.3, -0.25) is 4.79 Å². The predicted octanol–water partition coefficient (Wildman–Crippen LogP) is 1.95. The number of aromatic nitrogens is 2. The monoisotopic (exact) mass is 415 g/mol. The molecule has 2 aromatic rings. The van der Waals surface area contributed by atoms with Gasteiger partial charge in [0.15, 0.2) is 0 Å². The molecule has 7 nitrogen and oxygen atoms in total. The predicted molar refractivity (Wildman–Crippen MR) is 109 cm³/mol. The first kappa shape index (κ1) is 20.2. The van der Waals surface area contributed by atoms with Gasteiger partial charge in [0.2, 0.25) is 11.9 Å². The molecule has 0 bridgehead atoms. The first-order valence-electron chi connectivity index (χ1n) is 9.93. The first-order valence-corrected chi connectivity index (χ1v) is 9.93. The standard InChI is InChI=1S/C21H23F2N5O2/c22-17-2-3-18(23)16(15-17)1-4-20(29)27-9-7-26(8-10-27)19-5-6-24-21(25-19)28-11-13-30-14-12-28/h1-6,15H,7-14H2/b4-1+. The number of morpholine rings is 1. The van der Waals surface area contributed by atoms with E-state index in [2.05, 4.69) is 19.8 Å². The maximum absolute atomic E-state index is 13.7. The van der Waals surface area contributed by atoms with Crippen molar-refractivity contribution in [3.05, 3.63) is 53.7 Å². The highest BCUT2D eigenvalue weighted by Crippen LogP contribution is 2.18. The third kappa shape index (κ3) is 4.73. The molecule has 0 aliphatic carbocycles. The van der Waals surface area contributed by atoms with Crippen molar-refractivity contribution in [3.63, 3.8) is 0 Å². The van der Waals surface area contributed by atoms with Crippen LogP contribution >= 0.6 is 0 Å². The van der Waals surface area contributed by atoms with Crippen LogP contribution in [0.25, 0.3) is 6.08 Å². The van der Waals surface area contributed by atoms with Crippen LogP contribution in [0.5, 0.6) is 0 Å². The maximum Gasteiger partial charge on any atom is 0.246 e. The molecule has 1 aromatic heterocycles. The summed E-state index contributed by atoms with van der Waals surface area (Å²) in [6.07, 6.45) is 4.35. The summed E-state index contributed by atoms with van der Waals surface area (Å²) in [4.78, 5) is 27.4. The van der Waals surface area contributed by atoms with Gasteiger partial charge >= 0.3 is 0 Å². The number of carbonyl (C=O) groups is 1. The van der Waals surface area contributed by atoms with Crippen molar-refractivity contribution in [2.45, 2.75) is 0 Å². The number of amides is 1. The van der Waals surface area contributed by atoms with Crippen molar-refractivity contribution >= 4 is 23.7 Å². The van der Waals surface area contributed by atoms with Crippen LogP contribution in [0.3, 0.4) is 0 Å². The molecule has 1 aromatic carbocycles. The van der Waals surface area contributed by atoms with Gasteiger partial charge in [-0.2, -0.15) is 4.98 Å². The van der Waals surface area contributed by atoms with E-state index >= 15 is 0 Å². The Balaban J connectivity index is 1.35. The number of hydrogen-bond acceptors (Lipinski definition) is 6. The zero-order valence-electron chi connectivity index (χ0n) is 16.5. The quantitative estimate of drug-likeness (QED) is 0.712. The number of rotatable bonds is 4. The molecule has 2 aliphatic heterocycles. The Kier molecular flexibility index (Phi) is 6.18. The molecular weight excluding hydrogens is 392 g/mol. The van der Waals surface area contributed by atoms with Gasteiger partial charge in [0.1, 0.15) is 17.5 Å². The smallest absolute Gasteiger partial charge is 0.246 e. The molecule has 2 saturated heterocycles. The van der Waals surface area contributed by atoms with E-state index in [0.29, 0.717) is 45.3 Å². The minimum Gasteiger partial charge on any atom is -0.378 e. The molecular formula is C21H23F2N5O2. The molecule has 4 rings (SSSR count).